The molecule has 2 rings (SSSR count). The highest BCUT2D eigenvalue weighted by atomic mass is 16.7. The molecule has 2 saturated heterocycles. The number of rotatable bonds is 5. The van der Waals surface area contributed by atoms with E-state index in [1.165, 1.54) is 20.8 Å². The van der Waals surface area contributed by atoms with Crippen LogP contribution in [-0.4, -0.2) is 105 Å². The van der Waals surface area contributed by atoms with Crippen molar-refractivity contribution in [2.75, 3.05) is 7.05 Å². The van der Waals surface area contributed by atoms with E-state index in [1.807, 2.05) is 6.92 Å². The zero-order chi connectivity index (χ0) is 30.7. The van der Waals surface area contributed by atoms with Crippen LogP contribution in [0.15, 0.2) is 5.18 Å². The minimum atomic E-state index is -1.92. The number of hydrogen-bond acceptors (Lipinski definition) is 12. The summed E-state index contributed by atoms with van der Waals surface area (Å²) in [4.78, 5) is 25.2. The van der Waals surface area contributed by atoms with Gasteiger partial charge < -0.3 is 45.1 Å². The molecule has 12 heteroatoms. The lowest BCUT2D eigenvalue weighted by Gasteiger charge is -2.46. The Morgan fingerprint density at radius 2 is 1.65 bits per heavy atom. The van der Waals surface area contributed by atoms with E-state index < -0.39 is 83.7 Å². The summed E-state index contributed by atoms with van der Waals surface area (Å²) in [5.41, 5.74) is -3.63. The van der Waals surface area contributed by atoms with Gasteiger partial charge in [-0.2, -0.15) is 4.91 Å². The molecule has 0 radical (unpaired) electrons. The number of carbonyl (C=O) groups excluding carboxylic acids is 1. The van der Waals surface area contributed by atoms with Crippen LogP contribution in [0.1, 0.15) is 74.7 Å². The third-order valence-electron chi connectivity index (χ3n) is 9.16. The van der Waals surface area contributed by atoms with E-state index in [9.17, 15) is 35.2 Å². The van der Waals surface area contributed by atoms with Crippen molar-refractivity contribution in [3.05, 3.63) is 4.91 Å². The summed E-state index contributed by atoms with van der Waals surface area (Å²) >= 11 is 0. The molecule has 0 bridgehead atoms. The van der Waals surface area contributed by atoms with E-state index in [0.29, 0.717) is 6.42 Å². The van der Waals surface area contributed by atoms with Crippen molar-refractivity contribution in [2.45, 2.75) is 141 Å². The summed E-state index contributed by atoms with van der Waals surface area (Å²) in [6.45, 7) is 12.7. The van der Waals surface area contributed by atoms with Crippen LogP contribution >= 0.6 is 0 Å². The standard InChI is InChI=1S/C28H52N2O10/c1-10-19-28(8,36)23(33)15(4)20(30-37)13(2)12-27(7,35)24(16(5)21(31)17(6)25(34)39-19)40-26-22(32)18(29-9)11-14(3)38-26/h13-24,26,29,31-33,35-36H,10-12H2,1-9H3/t13-,14+,15+,16-,17+,18?,19+,20?,21-,22-,23-,24-,26-,27+,28?/m0/s1. The van der Waals surface area contributed by atoms with Gasteiger partial charge in [-0.15, -0.1) is 0 Å². The first-order valence-electron chi connectivity index (χ1n) is 14.4. The summed E-state index contributed by atoms with van der Waals surface area (Å²) in [6.07, 6.45) is -7.01. The number of nitrogens with one attached hydrogen (secondary N) is 1. The number of aliphatic hydroxyl groups is 5. The van der Waals surface area contributed by atoms with E-state index in [1.54, 1.807) is 34.7 Å². The highest BCUT2D eigenvalue weighted by Gasteiger charge is 2.51. The number of carbonyl (C=O) groups is 1. The monoisotopic (exact) mass is 576 g/mol. The molecule has 0 aliphatic carbocycles. The molecular formula is C28H52N2O10. The quantitative estimate of drug-likeness (QED) is 0.203. The highest BCUT2D eigenvalue weighted by molar-refractivity contribution is 5.73. The number of nitrogens with zero attached hydrogens (tertiary/aromatic N) is 1. The van der Waals surface area contributed by atoms with Gasteiger partial charge in [-0.25, -0.2) is 0 Å². The average molecular weight is 577 g/mol. The molecule has 6 N–H and O–H groups in total. The molecule has 2 fully saturated rings. The van der Waals surface area contributed by atoms with Gasteiger partial charge in [-0.3, -0.25) is 4.79 Å². The van der Waals surface area contributed by atoms with Gasteiger partial charge in [0.15, 0.2) is 6.29 Å². The van der Waals surface area contributed by atoms with Crippen molar-refractivity contribution >= 4 is 5.97 Å². The van der Waals surface area contributed by atoms with Crippen LogP contribution in [0, 0.1) is 28.6 Å². The number of nitroso groups, excluding NO2 is 1. The first kappa shape index (κ1) is 34.9. The first-order valence-corrected chi connectivity index (χ1v) is 14.4. The third kappa shape index (κ3) is 7.38. The number of esters is 1. The fourth-order valence-electron chi connectivity index (χ4n) is 6.59. The molecule has 0 aromatic carbocycles. The molecule has 2 heterocycles. The van der Waals surface area contributed by atoms with Crippen LogP contribution < -0.4 is 5.32 Å². The maximum absolute atomic E-state index is 13.2. The smallest absolute Gasteiger partial charge is 0.311 e. The number of aliphatic hydroxyl groups excluding tert-OH is 3. The second-order valence-corrected chi connectivity index (χ2v) is 12.6. The molecule has 234 valence electrons. The van der Waals surface area contributed by atoms with Crippen molar-refractivity contribution in [2.24, 2.45) is 28.8 Å². The van der Waals surface area contributed by atoms with Gasteiger partial charge in [0.2, 0.25) is 0 Å². The van der Waals surface area contributed by atoms with Crippen LogP contribution in [0.5, 0.6) is 0 Å². The third-order valence-corrected chi connectivity index (χ3v) is 9.16. The zero-order valence-electron chi connectivity index (χ0n) is 25.4. The van der Waals surface area contributed by atoms with Gasteiger partial charge in [-0.05, 0) is 59.9 Å². The Kier molecular flexibility index (Phi) is 12.1. The second kappa shape index (κ2) is 13.8. The van der Waals surface area contributed by atoms with Crippen molar-refractivity contribution in [1.29, 1.82) is 0 Å². The molecule has 0 spiro atoms. The SMILES string of the molecule is CC[C@H]1OC(=O)[C@H](C)[C@@H](O)[C@H](C)[C@H](O[C@@H]2O[C@H](C)CC(NC)[C@@H]2O)[C@](C)(O)C[C@H](C)C(N=O)[C@@H](C)[C@H](O)C1(C)O. The molecular weight excluding hydrogens is 524 g/mol. The van der Waals surface area contributed by atoms with Crippen LogP contribution in [-0.2, 0) is 19.0 Å². The molecule has 0 saturated carbocycles. The van der Waals surface area contributed by atoms with E-state index in [0.717, 1.165) is 0 Å². The fraction of sp³-hybridized carbons (Fsp3) is 0.964. The summed E-state index contributed by atoms with van der Waals surface area (Å²) in [5, 5.41) is 62.8. The lowest BCUT2D eigenvalue weighted by Crippen LogP contribution is -2.60. The minimum Gasteiger partial charge on any atom is -0.459 e. The topological polar surface area (TPSA) is 187 Å². The molecule has 2 aliphatic rings. The number of hydrogen-bond donors (Lipinski definition) is 6. The second-order valence-electron chi connectivity index (χ2n) is 12.6. The van der Waals surface area contributed by atoms with E-state index >= 15 is 0 Å². The van der Waals surface area contributed by atoms with Gasteiger partial charge in [0.1, 0.15) is 17.8 Å². The Morgan fingerprint density at radius 1 is 1.05 bits per heavy atom. The normalized spacial score (nSPS) is 50.0. The van der Waals surface area contributed by atoms with Gasteiger partial charge in [0.05, 0.1) is 42.0 Å². The van der Waals surface area contributed by atoms with Crippen LogP contribution in [0.3, 0.4) is 0 Å². The summed E-state index contributed by atoms with van der Waals surface area (Å²) in [6, 6.07) is -1.37. The lowest BCUT2D eigenvalue weighted by molar-refractivity contribution is -0.294. The Hall–Kier alpha value is -1.25. The van der Waals surface area contributed by atoms with Crippen molar-refractivity contribution in [3.63, 3.8) is 0 Å². The summed E-state index contributed by atoms with van der Waals surface area (Å²) < 4.78 is 17.8. The van der Waals surface area contributed by atoms with Crippen molar-refractivity contribution < 1.29 is 44.5 Å². The molecule has 2 aliphatic heterocycles. The minimum absolute atomic E-state index is 0.0474. The number of cyclic esters (lactones) is 1. The fourth-order valence-corrected chi connectivity index (χ4v) is 6.59. The molecule has 15 atom stereocenters. The van der Waals surface area contributed by atoms with Crippen LogP contribution in [0.25, 0.3) is 0 Å². The zero-order valence-corrected chi connectivity index (χ0v) is 25.4. The predicted octanol–water partition coefficient (Wildman–Crippen LogP) is 1.08. The van der Waals surface area contributed by atoms with Crippen LogP contribution in [0.2, 0.25) is 0 Å². The maximum atomic E-state index is 13.2. The largest absolute Gasteiger partial charge is 0.459 e. The molecule has 3 unspecified atom stereocenters. The highest BCUT2D eigenvalue weighted by Crippen LogP contribution is 2.39. The Morgan fingerprint density at radius 3 is 2.17 bits per heavy atom. The molecule has 0 amide bonds. The Balaban J connectivity index is 2.58. The van der Waals surface area contributed by atoms with Crippen LogP contribution in [0.4, 0.5) is 0 Å². The predicted molar refractivity (Wildman–Crippen MR) is 147 cm³/mol. The average Bonchev–Trinajstić information content (AvgIpc) is 2.89. The molecule has 0 aromatic heterocycles. The van der Waals surface area contributed by atoms with Gasteiger partial charge in [0, 0.05) is 17.9 Å². The van der Waals surface area contributed by atoms with Gasteiger partial charge in [0.25, 0.3) is 0 Å². The summed E-state index contributed by atoms with van der Waals surface area (Å²) in [7, 11) is 1.71. The number of ether oxygens (including phenoxy) is 3. The lowest BCUT2D eigenvalue weighted by atomic mass is 9.72. The molecule has 40 heavy (non-hydrogen) atoms. The van der Waals surface area contributed by atoms with E-state index in [4.69, 9.17) is 14.2 Å². The van der Waals surface area contributed by atoms with E-state index in [-0.39, 0.29) is 25.0 Å². The summed E-state index contributed by atoms with van der Waals surface area (Å²) in [5.74, 6) is -4.25. The maximum Gasteiger partial charge on any atom is 0.311 e. The van der Waals surface area contributed by atoms with Gasteiger partial charge >= 0.3 is 5.97 Å². The molecule has 0 aromatic rings. The van der Waals surface area contributed by atoms with E-state index in [2.05, 4.69) is 10.5 Å². The van der Waals surface area contributed by atoms with Crippen molar-refractivity contribution in [3.8, 4) is 0 Å². The van der Waals surface area contributed by atoms with Gasteiger partial charge in [-0.1, -0.05) is 32.9 Å². The Labute approximate surface area is 237 Å². The van der Waals surface area contributed by atoms with Crippen molar-refractivity contribution in [1.82, 2.24) is 5.32 Å². The number of likely N-dealkylation sites (N-methyl/N-ethyl adjacent to an activating group) is 1. The first-order chi connectivity index (χ1) is 18.4. The Bertz CT molecular complexity index is 842. The molecule has 12 nitrogen and oxygen atoms in total.